The summed E-state index contributed by atoms with van der Waals surface area (Å²) in [6.45, 7) is 2.70. The Bertz CT molecular complexity index is 328. The van der Waals surface area contributed by atoms with E-state index in [1.165, 1.54) is 0 Å². The average molecular weight is 209 g/mol. The van der Waals surface area contributed by atoms with E-state index in [1.54, 1.807) is 0 Å². The number of fused-ring (bicyclic) bond motifs is 1. The second-order valence-electron chi connectivity index (χ2n) is 3.26. The number of hydrogen-bond acceptors (Lipinski definition) is 4. The summed E-state index contributed by atoms with van der Waals surface area (Å²) in [6, 6.07) is 5.64. The SMILES string of the molecule is CNCCOc1ccc2c(c1)OCCO2. The molecule has 0 radical (unpaired) electrons. The molecule has 1 heterocycles. The minimum absolute atomic E-state index is 0.604. The van der Waals surface area contributed by atoms with Crippen LogP contribution in [0.15, 0.2) is 18.2 Å². The number of likely N-dealkylation sites (N-methyl/N-ethyl adjacent to an activating group) is 1. The van der Waals surface area contributed by atoms with E-state index in [0.29, 0.717) is 19.8 Å². The monoisotopic (exact) mass is 209 g/mol. The van der Waals surface area contributed by atoms with E-state index in [0.717, 1.165) is 23.8 Å². The third-order valence-electron chi connectivity index (χ3n) is 2.13. The molecule has 4 heteroatoms. The van der Waals surface area contributed by atoms with Crippen LogP contribution in [0, 0.1) is 0 Å². The van der Waals surface area contributed by atoms with Gasteiger partial charge in [-0.25, -0.2) is 0 Å². The van der Waals surface area contributed by atoms with E-state index < -0.39 is 0 Å². The molecule has 1 aliphatic heterocycles. The van der Waals surface area contributed by atoms with E-state index >= 15 is 0 Å². The first-order chi connectivity index (χ1) is 7.40. The maximum atomic E-state index is 5.51. The molecule has 0 spiro atoms. The summed E-state index contributed by atoms with van der Waals surface area (Å²) in [6.07, 6.45) is 0. The smallest absolute Gasteiger partial charge is 0.165 e. The molecule has 4 nitrogen and oxygen atoms in total. The van der Waals surface area contributed by atoms with Gasteiger partial charge in [-0.05, 0) is 19.2 Å². The Kier molecular flexibility index (Phi) is 3.29. The van der Waals surface area contributed by atoms with Gasteiger partial charge in [-0.1, -0.05) is 0 Å². The molecule has 0 atom stereocenters. The van der Waals surface area contributed by atoms with Crippen molar-refractivity contribution in [1.82, 2.24) is 5.32 Å². The van der Waals surface area contributed by atoms with Gasteiger partial charge in [0.1, 0.15) is 25.6 Å². The summed E-state index contributed by atoms with van der Waals surface area (Å²) in [7, 11) is 1.90. The summed E-state index contributed by atoms with van der Waals surface area (Å²) in [5, 5.41) is 3.02. The lowest BCUT2D eigenvalue weighted by Gasteiger charge is -2.18. The van der Waals surface area contributed by atoms with Crippen LogP contribution in [0.4, 0.5) is 0 Å². The maximum Gasteiger partial charge on any atom is 0.165 e. The number of benzene rings is 1. The quantitative estimate of drug-likeness (QED) is 0.753. The van der Waals surface area contributed by atoms with Gasteiger partial charge < -0.3 is 19.5 Å². The largest absolute Gasteiger partial charge is 0.492 e. The topological polar surface area (TPSA) is 39.7 Å². The van der Waals surface area contributed by atoms with E-state index in [-0.39, 0.29) is 0 Å². The van der Waals surface area contributed by atoms with Crippen LogP contribution in [-0.2, 0) is 0 Å². The van der Waals surface area contributed by atoms with Crippen molar-refractivity contribution in [2.75, 3.05) is 33.4 Å². The summed E-state index contributed by atoms with van der Waals surface area (Å²) in [4.78, 5) is 0. The minimum atomic E-state index is 0.604. The Hall–Kier alpha value is -1.42. The summed E-state index contributed by atoms with van der Waals surface area (Å²) >= 11 is 0. The van der Waals surface area contributed by atoms with E-state index in [4.69, 9.17) is 14.2 Å². The Balaban J connectivity index is 2.00. The molecular formula is C11H15NO3. The van der Waals surface area contributed by atoms with Crippen molar-refractivity contribution in [3.05, 3.63) is 18.2 Å². The molecular weight excluding hydrogens is 194 g/mol. The second kappa shape index (κ2) is 4.89. The highest BCUT2D eigenvalue weighted by Crippen LogP contribution is 2.33. The van der Waals surface area contributed by atoms with Crippen LogP contribution < -0.4 is 19.5 Å². The van der Waals surface area contributed by atoms with E-state index in [9.17, 15) is 0 Å². The first-order valence-corrected chi connectivity index (χ1v) is 5.07. The number of rotatable bonds is 4. The number of nitrogens with one attached hydrogen (secondary N) is 1. The molecule has 0 aliphatic carbocycles. The standard InChI is InChI=1S/C11H15NO3/c1-12-4-5-13-9-2-3-10-11(8-9)15-7-6-14-10/h2-3,8,12H,4-7H2,1H3. The molecule has 1 aliphatic rings. The van der Waals surface area contributed by atoms with Crippen molar-refractivity contribution in [1.29, 1.82) is 0 Å². The van der Waals surface area contributed by atoms with Crippen LogP contribution >= 0.6 is 0 Å². The maximum absolute atomic E-state index is 5.51. The zero-order valence-electron chi connectivity index (χ0n) is 8.79. The third-order valence-corrected chi connectivity index (χ3v) is 2.13. The predicted molar refractivity (Wildman–Crippen MR) is 56.9 cm³/mol. The Labute approximate surface area is 89.1 Å². The lowest BCUT2D eigenvalue weighted by molar-refractivity contribution is 0.170. The Morgan fingerprint density at radius 1 is 1.27 bits per heavy atom. The lowest BCUT2D eigenvalue weighted by Crippen LogP contribution is -2.17. The fourth-order valence-corrected chi connectivity index (χ4v) is 1.38. The molecule has 82 valence electrons. The van der Waals surface area contributed by atoms with Gasteiger partial charge >= 0.3 is 0 Å². The normalized spacial score (nSPS) is 13.7. The van der Waals surface area contributed by atoms with Crippen molar-refractivity contribution in [2.45, 2.75) is 0 Å². The van der Waals surface area contributed by atoms with Crippen LogP contribution in [0.5, 0.6) is 17.2 Å². The molecule has 1 aromatic carbocycles. The Morgan fingerprint density at radius 3 is 2.87 bits per heavy atom. The van der Waals surface area contributed by atoms with Gasteiger partial charge in [0.05, 0.1) is 0 Å². The van der Waals surface area contributed by atoms with Gasteiger partial charge in [-0.2, -0.15) is 0 Å². The van der Waals surface area contributed by atoms with Crippen molar-refractivity contribution in [3.8, 4) is 17.2 Å². The van der Waals surface area contributed by atoms with Crippen LogP contribution in [0.25, 0.3) is 0 Å². The highest BCUT2D eigenvalue weighted by Gasteiger charge is 2.11. The molecule has 0 unspecified atom stereocenters. The van der Waals surface area contributed by atoms with Crippen molar-refractivity contribution < 1.29 is 14.2 Å². The lowest BCUT2D eigenvalue weighted by atomic mass is 10.3. The zero-order valence-corrected chi connectivity index (χ0v) is 8.79. The predicted octanol–water partition coefficient (Wildman–Crippen LogP) is 1.06. The van der Waals surface area contributed by atoms with E-state index in [1.807, 2.05) is 25.2 Å². The van der Waals surface area contributed by atoms with Gasteiger partial charge in [-0.15, -0.1) is 0 Å². The second-order valence-corrected chi connectivity index (χ2v) is 3.26. The van der Waals surface area contributed by atoms with E-state index in [2.05, 4.69) is 5.32 Å². The molecule has 0 aromatic heterocycles. The molecule has 0 fully saturated rings. The molecule has 2 rings (SSSR count). The van der Waals surface area contributed by atoms with Crippen LogP contribution in [0.3, 0.4) is 0 Å². The zero-order chi connectivity index (χ0) is 10.5. The highest BCUT2D eigenvalue weighted by molar-refractivity contribution is 5.46. The first kappa shape index (κ1) is 10.1. The van der Waals surface area contributed by atoms with Gasteiger partial charge in [0.25, 0.3) is 0 Å². The highest BCUT2D eigenvalue weighted by atomic mass is 16.6. The van der Waals surface area contributed by atoms with Crippen LogP contribution in [-0.4, -0.2) is 33.4 Å². The van der Waals surface area contributed by atoms with Crippen LogP contribution in [0.1, 0.15) is 0 Å². The van der Waals surface area contributed by atoms with Crippen LogP contribution in [0.2, 0.25) is 0 Å². The molecule has 0 bridgehead atoms. The Morgan fingerprint density at radius 2 is 2.07 bits per heavy atom. The van der Waals surface area contributed by atoms with Crippen molar-refractivity contribution in [2.24, 2.45) is 0 Å². The average Bonchev–Trinajstić information content (AvgIpc) is 2.29. The molecule has 0 amide bonds. The van der Waals surface area contributed by atoms with Gasteiger partial charge in [0, 0.05) is 12.6 Å². The summed E-state index contributed by atoms with van der Waals surface area (Å²) < 4.78 is 16.4. The number of ether oxygens (including phenoxy) is 3. The summed E-state index contributed by atoms with van der Waals surface area (Å²) in [5.74, 6) is 2.37. The molecule has 15 heavy (non-hydrogen) atoms. The third kappa shape index (κ3) is 2.53. The first-order valence-electron chi connectivity index (χ1n) is 5.07. The van der Waals surface area contributed by atoms with Gasteiger partial charge in [-0.3, -0.25) is 0 Å². The van der Waals surface area contributed by atoms with Gasteiger partial charge in [0.15, 0.2) is 11.5 Å². The fraction of sp³-hybridized carbons (Fsp3) is 0.455. The fourth-order valence-electron chi connectivity index (χ4n) is 1.38. The molecule has 0 saturated heterocycles. The molecule has 1 N–H and O–H groups in total. The van der Waals surface area contributed by atoms with Crippen molar-refractivity contribution >= 4 is 0 Å². The number of hydrogen-bond donors (Lipinski definition) is 1. The van der Waals surface area contributed by atoms with Gasteiger partial charge in [0.2, 0.25) is 0 Å². The molecule has 1 aromatic rings. The van der Waals surface area contributed by atoms with Crippen molar-refractivity contribution in [3.63, 3.8) is 0 Å². The molecule has 0 saturated carbocycles. The summed E-state index contributed by atoms with van der Waals surface area (Å²) in [5.41, 5.74) is 0. The minimum Gasteiger partial charge on any atom is -0.492 e.